The Kier molecular flexibility index (Phi) is 4.97. The quantitative estimate of drug-likeness (QED) is 0.878. The number of aromatic nitrogens is 2. The summed E-state index contributed by atoms with van der Waals surface area (Å²) in [4.78, 5) is 1.35. The fourth-order valence-electron chi connectivity index (χ4n) is 1.86. The van der Waals surface area contributed by atoms with E-state index in [0.717, 1.165) is 26.1 Å². The summed E-state index contributed by atoms with van der Waals surface area (Å²) in [5, 5.41) is 8.02. The summed E-state index contributed by atoms with van der Waals surface area (Å²) >= 11 is 5.26. The van der Waals surface area contributed by atoms with Gasteiger partial charge in [0.05, 0.1) is 15.2 Å². The van der Waals surface area contributed by atoms with Crippen molar-refractivity contribution in [1.82, 2.24) is 15.1 Å². The van der Waals surface area contributed by atoms with E-state index in [1.165, 1.54) is 20.1 Å². The van der Waals surface area contributed by atoms with Gasteiger partial charge < -0.3 is 5.32 Å². The summed E-state index contributed by atoms with van der Waals surface area (Å²) in [6.45, 7) is 6.99. The van der Waals surface area contributed by atoms with Crippen LogP contribution in [0.2, 0.25) is 0 Å². The van der Waals surface area contributed by atoms with E-state index < -0.39 is 0 Å². The lowest BCUT2D eigenvalue weighted by Gasteiger charge is -2.05. The van der Waals surface area contributed by atoms with Gasteiger partial charge >= 0.3 is 0 Å². The third kappa shape index (κ3) is 3.43. The molecule has 0 radical (unpaired) electrons. The van der Waals surface area contributed by atoms with Crippen LogP contribution >= 0.6 is 27.3 Å². The normalized spacial score (nSPS) is 11.1. The molecular formula is C13H18BrN3S. The molecule has 1 N–H and O–H groups in total. The van der Waals surface area contributed by atoms with Gasteiger partial charge in [-0.15, -0.1) is 11.3 Å². The minimum Gasteiger partial charge on any atom is -0.306 e. The van der Waals surface area contributed by atoms with Crippen molar-refractivity contribution < 1.29 is 0 Å². The number of nitrogens with zero attached hydrogens (tertiary/aromatic N) is 2. The van der Waals surface area contributed by atoms with Crippen molar-refractivity contribution in [1.29, 1.82) is 0 Å². The van der Waals surface area contributed by atoms with Crippen molar-refractivity contribution in [3.63, 3.8) is 0 Å². The highest BCUT2D eigenvalue weighted by Crippen LogP contribution is 2.21. The van der Waals surface area contributed by atoms with Gasteiger partial charge in [-0.3, -0.25) is 4.68 Å². The Bertz CT molecular complexity index is 504. The standard InChI is InChI=1S/C13H18BrN3S/c1-3-10-7-11(17(4-2)16-10)8-15-9-12-5-6-13(14)18-12/h5-7,15H,3-4,8-9H2,1-2H3. The van der Waals surface area contributed by atoms with Gasteiger partial charge in [0.15, 0.2) is 0 Å². The molecule has 0 aliphatic rings. The average Bonchev–Trinajstić information content (AvgIpc) is 2.95. The highest BCUT2D eigenvalue weighted by atomic mass is 79.9. The molecule has 0 bridgehead atoms. The average molecular weight is 328 g/mol. The van der Waals surface area contributed by atoms with Crippen LogP contribution in [0.4, 0.5) is 0 Å². The minimum absolute atomic E-state index is 0.871. The summed E-state index contributed by atoms with van der Waals surface area (Å²) in [7, 11) is 0. The van der Waals surface area contributed by atoms with Gasteiger partial charge in [0.25, 0.3) is 0 Å². The fraction of sp³-hybridized carbons (Fsp3) is 0.462. The molecule has 0 unspecified atom stereocenters. The van der Waals surface area contributed by atoms with Crippen LogP contribution in [0.5, 0.6) is 0 Å². The predicted octanol–water partition coefficient (Wildman–Crippen LogP) is 3.58. The maximum Gasteiger partial charge on any atom is 0.0701 e. The van der Waals surface area contributed by atoms with Crippen molar-refractivity contribution in [3.8, 4) is 0 Å². The third-order valence-electron chi connectivity index (χ3n) is 2.81. The summed E-state index contributed by atoms with van der Waals surface area (Å²) in [5.41, 5.74) is 2.44. The van der Waals surface area contributed by atoms with Gasteiger partial charge in [-0.1, -0.05) is 6.92 Å². The van der Waals surface area contributed by atoms with Gasteiger partial charge in [0, 0.05) is 24.5 Å². The van der Waals surface area contributed by atoms with E-state index in [9.17, 15) is 0 Å². The van der Waals surface area contributed by atoms with Crippen LogP contribution in [0.3, 0.4) is 0 Å². The monoisotopic (exact) mass is 327 g/mol. The van der Waals surface area contributed by atoms with Crippen LogP contribution in [-0.4, -0.2) is 9.78 Å². The number of thiophene rings is 1. The molecule has 18 heavy (non-hydrogen) atoms. The molecule has 0 aliphatic heterocycles. The summed E-state index contributed by atoms with van der Waals surface area (Å²) in [5.74, 6) is 0. The molecule has 0 saturated carbocycles. The highest BCUT2D eigenvalue weighted by molar-refractivity contribution is 9.11. The van der Waals surface area contributed by atoms with E-state index in [-0.39, 0.29) is 0 Å². The second-order valence-corrected chi connectivity index (χ2v) is 6.65. The molecular weight excluding hydrogens is 310 g/mol. The Labute approximate surface area is 120 Å². The van der Waals surface area contributed by atoms with E-state index in [0.29, 0.717) is 0 Å². The zero-order valence-corrected chi connectivity index (χ0v) is 13.1. The topological polar surface area (TPSA) is 29.9 Å². The summed E-state index contributed by atoms with van der Waals surface area (Å²) in [6.07, 6.45) is 0.998. The molecule has 2 rings (SSSR count). The van der Waals surface area contributed by atoms with Crippen molar-refractivity contribution >= 4 is 27.3 Å². The molecule has 0 fully saturated rings. The smallest absolute Gasteiger partial charge is 0.0701 e. The van der Waals surface area contributed by atoms with Crippen LogP contribution in [0.25, 0.3) is 0 Å². The molecule has 2 aromatic rings. The van der Waals surface area contributed by atoms with Crippen LogP contribution in [0.15, 0.2) is 22.0 Å². The molecule has 0 aromatic carbocycles. The van der Waals surface area contributed by atoms with E-state index >= 15 is 0 Å². The van der Waals surface area contributed by atoms with Crippen molar-refractivity contribution in [2.75, 3.05) is 0 Å². The molecule has 0 amide bonds. The lowest BCUT2D eigenvalue weighted by molar-refractivity contribution is 0.579. The number of nitrogens with one attached hydrogen (secondary N) is 1. The SMILES string of the molecule is CCc1cc(CNCc2ccc(Br)s2)n(CC)n1. The zero-order valence-electron chi connectivity index (χ0n) is 10.7. The number of hydrogen-bond donors (Lipinski definition) is 1. The summed E-state index contributed by atoms with van der Waals surface area (Å²) < 4.78 is 3.27. The van der Waals surface area contributed by atoms with E-state index in [2.05, 4.69) is 63.1 Å². The van der Waals surface area contributed by atoms with Gasteiger partial charge in [-0.25, -0.2) is 0 Å². The van der Waals surface area contributed by atoms with Crippen LogP contribution < -0.4 is 5.32 Å². The first-order valence-electron chi connectivity index (χ1n) is 6.23. The zero-order chi connectivity index (χ0) is 13.0. The molecule has 0 aliphatic carbocycles. The third-order valence-corrected chi connectivity index (χ3v) is 4.43. The Morgan fingerprint density at radius 2 is 2.17 bits per heavy atom. The van der Waals surface area contributed by atoms with Crippen LogP contribution in [-0.2, 0) is 26.1 Å². The van der Waals surface area contributed by atoms with E-state index in [4.69, 9.17) is 0 Å². The number of halogens is 1. The minimum atomic E-state index is 0.871. The predicted molar refractivity (Wildman–Crippen MR) is 79.8 cm³/mol. The van der Waals surface area contributed by atoms with Crippen LogP contribution in [0, 0.1) is 0 Å². The maximum absolute atomic E-state index is 4.55. The Morgan fingerprint density at radius 3 is 2.78 bits per heavy atom. The van der Waals surface area contributed by atoms with Gasteiger partial charge in [0.1, 0.15) is 0 Å². The molecule has 0 atom stereocenters. The lowest BCUT2D eigenvalue weighted by atomic mass is 10.3. The van der Waals surface area contributed by atoms with Crippen molar-refractivity contribution in [3.05, 3.63) is 38.3 Å². The molecule has 0 saturated heterocycles. The van der Waals surface area contributed by atoms with Crippen LogP contribution in [0.1, 0.15) is 30.1 Å². The molecule has 0 spiro atoms. The highest BCUT2D eigenvalue weighted by Gasteiger charge is 2.05. The Hall–Kier alpha value is -0.650. The number of hydrogen-bond acceptors (Lipinski definition) is 3. The lowest BCUT2D eigenvalue weighted by Crippen LogP contribution is -2.15. The molecule has 2 aromatic heterocycles. The van der Waals surface area contributed by atoms with E-state index in [1.807, 2.05) is 0 Å². The number of aryl methyl sites for hydroxylation is 2. The fourth-order valence-corrected chi connectivity index (χ4v) is 3.32. The second kappa shape index (κ2) is 6.50. The van der Waals surface area contributed by atoms with Gasteiger partial charge in [-0.05, 0) is 47.5 Å². The second-order valence-electron chi connectivity index (χ2n) is 4.11. The molecule has 2 heterocycles. The van der Waals surface area contributed by atoms with Crippen molar-refractivity contribution in [2.24, 2.45) is 0 Å². The summed E-state index contributed by atoms with van der Waals surface area (Å²) in [6, 6.07) is 6.43. The van der Waals surface area contributed by atoms with E-state index in [1.54, 1.807) is 11.3 Å². The molecule has 3 nitrogen and oxygen atoms in total. The Morgan fingerprint density at radius 1 is 1.33 bits per heavy atom. The first-order chi connectivity index (χ1) is 8.72. The van der Waals surface area contributed by atoms with Gasteiger partial charge in [0.2, 0.25) is 0 Å². The molecule has 5 heteroatoms. The maximum atomic E-state index is 4.55. The van der Waals surface area contributed by atoms with Gasteiger partial charge in [-0.2, -0.15) is 5.10 Å². The first-order valence-corrected chi connectivity index (χ1v) is 7.84. The Balaban J connectivity index is 1.91. The first kappa shape index (κ1) is 13.8. The largest absolute Gasteiger partial charge is 0.306 e. The van der Waals surface area contributed by atoms with Crippen molar-refractivity contribution in [2.45, 2.75) is 39.9 Å². The number of rotatable bonds is 6. The molecule has 98 valence electrons.